The Morgan fingerprint density at radius 3 is 2.61 bits per heavy atom. The van der Waals surface area contributed by atoms with Crippen LogP contribution in [0, 0.1) is 11.6 Å². The van der Waals surface area contributed by atoms with Crippen LogP contribution in [0.3, 0.4) is 0 Å². The van der Waals surface area contributed by atoms with Gasteiger partial charge < -0.3 is 4.90 Å². The molecule has 0 aliphatic carbocycles. The summed E-state index contributed by atoms with van der Waals surface area (Å²) < 4.78 is 26.2. The van der Waals surface area contributed by atoms with Crippen LogP contribution in [0.25, 0.3) is 0 Å². The smallest absolute Gasteiger partial charge is 0.227 e. The fraction of sp³-hybridized carbons (Fsp3) is 0.462. The van der Waals surface area contributed by atoms with Crippen LogP contribution in [0.5, 0.6) is 0 Å². The van der Waals surface area contributed by atoms with E-state index in [9.17, 15) is 13.6 Å². The predicted molar refractivity (Wildman–Crippen MR) is 68.6 cm³/mol. The summed E-state index contributed by atoms with van der Waals surface area (Å²) in [5.41, 5.74) is 0.252. The fourth-order valence-electron chi connectivity index (χ4n) is 2.04. The predicted octanol–water partition coefficient (Wildman–Crippen LogP) is 2.89. The van der Waals surface area contributed by atoms with Gasteiger partial charge in [0.1, 0.15) is 11.6 Å². The van der Waals surface area contributed by atoms with Crippen molar-refractivity contribution >= 4 is 21.8 Å². The van der Waals surface area contributed by atoms with Crippen molar-refractivity contribution in [3.05, 3.63) is 35.4 Å². The summed E-state index contributed by atoms with van der Waals surface area (Å²) in [7, 11) is 0. The summed E-state index contributed by atoms with van der Waals surface area (Å²) in [4.78, 5) is 14.2. The lowest BCUT2D eigenvalue weighted by atomic mass is 10.1. The molecule has 18 heavy (non-hydrogen) atoms. The van der Waals surface area contributed by atoms with Gasteiger partial charge >= 0.3 is 0 Å². The Balaban J connectivity index is 1.98. The van der Waals surface area contributed by atoms with E-state index in [2.05, 4.69) is 15.9 Å². The highest BCUT2D eigenvalue weighted by Crippen LogP contribution is 2.19. The minimum Gasteiger partial charge on any atom is -0.342 e. The molecule has 1 aromatic carbocycles. The van der Waals surface area contributed by atoms with E-state index in [4.69, 9.17) is 0 Å². The molecule has 1 fully saturated rings. The molecule has 1 saturated heterocycles. The number of alkyl halides is 1. The van der Waals surface area contributed by atoms with E-state index in [0.29, 0.717) is 17.9 Å². The van der Waals surface area contributed by atoms with E-state index < -0.39 is 11.6 Å². The summed E-state index contributed by atoms with van der Waals surface area (Å²) in [6, 6.07) is 3.32. The molecule has 1 aliphatic heterocycles. The van der Waals surface area contributed by atoms with Crippen LogP contribution in [-0.4, -0.2) is 28.7 Å². The van der Waals surface area contributed by atoms with Gasteiger partial charge in [-0.15, -0.1) is 0 Å². The molecule has 0 bridgehead atoms. The van der Waals surface area contributed by atoms with Crippen LogP contribution in [0.1, 0.15) is 18.4 Å². The van der Waals surface area contributed by atoms with Gasteiger partial charge in [0.15, 0.2) is 0 Å². The van der Waals surface area contributed by atoms with Crippen molar-refractivity contribution in [2.75, 3.05) is 13.1 Å². The van der Waals surface area contributed by atoms with Crippen molar-refractivity contribution in [3.63, 3.8) is 0 Å². The van der Waals surface area contributed by atoms with Crippen molar-refractivity contribution in [3.8, 4) is 0 Å². The van der Waals surface area contributed by atoms with E-state index in [0.717, 1.165) is 18.9 Å². The van der Waals surface area contributed by atoms with Crippen molar-refractivity contribution in [1.82, 2.24) is 4.90 Å². The maximum Gasteiger partial charge on any atom is 0.227 e. The van der Waals surface area contributed by atoms with Crippen LogP contribution < -0.4 is 0 Å². The van der Waals surface area contributed by atoms with Gasteiger partial charge in [-0.3, -0.25) is 4.79 Å². The number of carbonyl (C=O) groups is 1. The highest BCUT2D eigenvalue weighted by atomic mass is 79.9. The molecule has 1 amide bonds. The fourth-order valence-corrected chi connectivity index (χ4v) is 2.45. The number of rotatable bonds is 2. The molecule has 0 saturated carbocycles. The second-order valence-corrected chi connectivity index (χ2v) is 5.76. The average molecular weight is 318 g/mol. The molecule has 0 unspecified atom stereocenters. The number of hydrogen-bond donors (Lipinski definition) is 0. The molecule has 2 nitrogen and oxygen atoms in total. The molecule has 0 atom stereocenters. The maximum atomic E-state index is 13.4. The lowest BCUT2D eigenvalue weighted by Gasteiger charge is -2.29. The Morgan fingerprint density at radius 1 is 1.33 bits per heavy atom. The van der Waals surface area contributed by atoms with E-state index in [1.807, 2.05) is 0 Å². The van der Waals surface area contributed by atoms with Crippen LogP contribution in [0.2, 0.25) is 0 Å². The van der Waals surface area contributed by atoms with Crippen LogP contribution in [0.4, 0.5) is 8.78 Å². The highest BCUT2D eigenvalue weighted by Gasteiger charge is 2.21. The molecule has 0 spiro atoms. The summed E-state index contributed by atoms with van der Waals surface area (Å²) in [5, 5.41) is 0. The van der Waals surface area contributed by atoms with Gasteiger partial charge in [-0.05, 0) is 24.5 Å². The topological polar surface area (TPSA) is 20.3 Å². The Bertz CT molecular complexity index is 445. The van der Waals surface area contributed by atoms with Gasteiger partial charge in [0.2, 0.25) is 5.91 Å². The molecule has 1 aliphatic rings. The number of amides is 1. The van der Waals surface area contributed by atoms with Gasteiger partial charge in [0, 0.05) is 24.0 Å². The first kappa shape index (κ1) is 13.5. The van der Waals surface area contributed by atoms with Crippen molar-refractivity contribution in [2.45, 2.75) is 24.1 Å². The minimum absolute atomic E-state index is 0.000927. The summed E-state index contributed by atoms with van der Waals surface area (Å²) >= 11 is 3.51. The first-order chi connectivity index (χ1) is 8.56. The molecule has 1 heterocycles. The van der Waals surface area contributed by atoms with Crippen LogP contribution in [-0.2, 0) is 11.2 Å². The van der Waals surface area contributed by atoms with Crippen LogP contribution in [0.15, 0.2) is 18.2 Å². The number of halogens is 3. The van der Waals surface area contributed by atoms with Crippen molar-refractivity contribution in [1.29, 1.82) is 0 Å². The lowest BCUT2D eigenvalue weighted by molar-refractivity contribution is -0.131. The van der Waals surface area contributed by atoms with Gasteiger partial charge in [-0.25, -0.2) is 8.78 Å². The molecule has 0 N–H and O–H groups in total. The Morgan fingerprint density at radius 2 is 2.00 bits per heavy atom. The van der Waals surface area contributed by atoms with E-state index in [1.165, 1.54) is 12.1 Å². The Kier molecular flexibility index (Phi) is 4.32. The zero-order valence-corrected chi connectivity index (χ0v) is 11.4. The Labute approximate surface area is 113 Å². The SMILES string of the molecule is O=C(Cc1ccc(F)cc1F)N1CCC(Br)CC1. The zero-order chi connectivity index (χ0) is 13.1. The van der Waals surface area contributed by atoms with Gasteiger partial charge in [-0.1, -0.05) is 22.0 Å². The third-order valence-electron chi connectivity index (χ3n) is 3.13. The van der Waals surface area contributed by atoms with E-state index in [-0.39, 0.29) is 17.9 Å². The Hall–Kier alpha value is -0.970. The number of likely N-dealkylation sites (tertiary alicyclic amines) is 1. The molecule has 2 rings (SSSR count). The van der Waals surface area contributed by atoms with Crippen LogP contribution >= 0.6 is 15.9 Å². The molecule has 98 valence electrons. The van der Waals surface area contributed by atoms with E-state index >= 15 is 0 Å². The quantitative estimate of drug-likeness (QED) is 0.768. The second kappa shape index (κ2) is 5.78. The minimum atomic E-state index is -0.654. The second-order valence-electron chi connectivity index (χ2n) is 4.47. The number of piperidine rings is 1. The molecule has 1 aromatic rings. The largest absolute Gasteiger partial charge is 0.342 e. The van der Waals surface area contributed by atoms with E-state index in [1.54, 1.807) is 4.90 Å². The maximum absolute atomic E-state index is 13.4. The third-order valence-corrected chi connectivity index (χ3v) is 4.05. The number of hydrogen-bond acceptors (Lipinski definition) is 1. The zero-order valence-electron chi connectivity index (χ0n) is 9.83. The monoisotopic (exact) mass is 317 g/mol. The van der Waals surface area contributed by atoms with Crippen molar-refractivity contribution < 1.29 is 13.6 Å². The molecule has 0 radical (unpaired) electrons. The van der Waals surface area contributed by atoms with Gasteiger partial charge in [0.05, 0.1) is 6.42 Å². The first-order valence-corrected chi connectivity index (χ1v) is 6.83. The summed E-state index contributed by atoms with van der Waals surface area (Å²) in [6.45, 7) is 1.38. The third kappa shape index (κ3) is 3.28. The van der Waals surface area contributed by atoms with Gasteiger partial charge in [0.25, 0.3) is 0 Å². The molecule has 5 heteroatoms. The normalized spacial score (nSPS) is 16.9. The number of carbonyl (C=O) groups excluding carboxylic acids is 1. The standard InChI is InChI=1S/C13H14BrF2NO/c14-10-3-5-17(6-4-10)13(18)7-9-1-2-11(15)8-12(9)16/h1-2,8,10H,3-7H2. The van der Waals surface area contributed by atoms with Crippen molar-refractivity contribution in [2.24, 2.45) is 0 Å². The first-order valence-electron chi connectivity index (χ1n) is 5.92. The molecule has 0 aromatic heterocycles. The summed E-state index contributed by atoms with van der Waals surface area (Å²) in [5.74, 6) is -1.37. The number of benzene rings is 1. The molecular weight excluding hydrogens is 304 g/mol. The highest BCUT2D eigenvalue weighted by molar-refractivity contribution is 9.09. The average Bonchev–Trinajstić information content (AvgIpc) is 2.33. The number of nitrogens with zero attached hydrogens (tertiary/aromatic N) is 1. The van der Waals surface area contributed by atoms with Gasteiger partial charge in [-0.2, -0.15) is 0 Å². The molecular formula is C13H14BrF2NO. The lowest BCUT2D eigenvalue weighted by Crippen LogP contribution is -2.39. The summed E-state index contributed by atoms with van der Waals surface area (Å²) in [6.07, 6.45) is 1.83.